The molecule has 11 atom stereocenters. The van der Waals surface area contributed by atoms with Crippen molar-refractivity contribution in [2.45, 2.75) is 199 Å². The second-order valence-corrected chi connectivity index (χ2v) is 25.2. The molecule has 0 unspecified atom stereocenters. The Balaban J connectivity index is 2.27. The van der Waals surface area contributed by atoms with E-state index in [9.17, 15) is 91.7 Å². The molecule has 36 heteroatoms. The summed E-state index contributed by atoms with van der Waals surface area (Å²) in [5, 5.41) is 46.3. The second-order valence-electron chi connectivity index (χ2n) is 25.2. The van der Waals surface area contributed by atoms with Crippen LogP contribution in [-0.4, -0.2) is 202 Å². The molecule has 540 valence electrons. The lowest BCUT2D eigenvalue weighted by atomic mass is 9.99. The predicted molar refractivity (Wildman–Crippen MR) is 344 cm³/mol. The van der Waals surface area contributed by atoms with Gasteiger partial charge in [-0.05, 0) is 86.8 Å². The Morgan fingerprint density at radius 2 is 0.938 bits per heavy atom. The topological polar surface area (TPSA) is 596 Å². The van der Waals surface area contributed by atoms with Crippen LogP contribution in [0.5, 0.6) is 5.75 Å². The molecule has 0 radical (unpaired) electrons. The van der Waals surface area contributed by atoms with Crippen molar-refractivity contribution >= 4 is 100 Å². The minimum Gasteiger partial charge on any atom is -0.508 e. The number of hydrogen-bond acceptors (Lipinski definition) is 19. The first kappa shape index (κ1) is 83.1. The molecule has 0 spiro atoms. The van der Waals surface area contributed by atoms with E-state index in [4.69, 9.17) is 28.7 Å². The minimum absolute atomic E-state index is 0.0258. The standard InChI is InChI=1S/C61H97N17O19/c1-28(2)21-37(54(89)71-36(17-19-44(64)81)53(88)68-27-48(85)78-20-10-11-42(78)58(93)74-40(24-45(65)82)57(92)77-50(31(7)8)60(95)75-41(61(96)97)25-46(66)83)73-55(90)39(23-33-12-14-34(79)15-13-33)70-47(84)26-67-51(86)32(9)69-59(94)49(30(5)6)76-56(91)38(22-29(3)4)72-52(87)35(62)16-18-43(63)80/h12-15,28-32,35-42,49-50,79H,10-11,16-27,62H2,1-9H3,(H2,63,80)(H2,64,81)(H2,65,82)(H2,66,83)(H,67,86)(H,68,88)(H,69,94)(H,70,84)(H,71,89)(H,72,87)(H,73,90)(H,74,93)(H,75,95)(H,76,91)(H,77,92)(H,96,97)/t32-,35-,36-,37-,38-,39-,40-,41-,42-,49-,50-/m0/s1. The Labute approximate surface area is 560 Å². The summed E-state index contributed by atoms with van der Waals surface area (Å²) in [5.41, 5.74) is 27.4. The first-order valence-electron chi connectivity index (χ1n) is 31.7. The molecule has 0 bridgehead atoms. The van der Waals surface area contributed by atoms with Gasteiger partial charge in [0.25, 0.3) is 0 Å². The smallest absolute Gasteiger partial charge is 0.326 e. The maximum absolute atomic E-state index is 14.3. The summed E-state index contributed by atoms with van der Waals surface area (Å²) in [7, 11) is 0. The average Bonchev–Trinajstić information content (AvgIpc) is 1.85. The summed E-state index contributed by atoms with van der Waals surface area (Å²) in [6.45, 7) is 12.9. The van der Waals surface area contributed by atoms with Gasteiger partial charge in [0, 0.05) is 25.8 Å². The van der Waals surface area contributed by atoms with E-state index in [2.05, 4.69) is 58.5 Å². The summed E-state index contributed by atoms with van der Waals surface area (Å²) in [4.78, 5) is 223. The van der Waals surface area contributed by atoms with Crippen molar-refractivity contribution in [3.05, 3.63) is 29.8 Å². The quantitative estimate of drug-likeness (QED) is 0.0289. The molecule has 1 aliphatic rings. The lowest BCUT2D eigenvalue weighted by molar-refractivity contribution is -0.144. The lowest BCUT2D eigenvalue weighted by Gasteiger charge is -2.28. The van der Waals surface area contributed by atoms with Crippen LogP contribution in [-0.2, 0) is 87.9 Å². The third-order valence-electron chi connectivity index (χ3n) is 15.1. The minimum atomic E-state index is -1.76. The van der Waals surface area contributed by atoms with Gasteiger partial charge in [-0.3, -0.25) is 76.7 Å². The van der Waals surface area contributed by atoms with Crippen LogP contribution in [0.4, 0.5) is 0 Å². The van der Waals surface area contributed by atoms with Gasteiger partial charge in [0.15, 0.2) is 0 Å². The Hall–Kier alpha value is -10.0. The Kier molecular flexibility index (Phi) is 34.6. The number of nitrogens with zero attached hydrogens (tertiary/aromatic N) is 1. The number of hydrogen-bond donors (Lipinski definition) is 18. The second kappa shape index (κ2) is 40.4. The van der Waals surface area contributed by atoms with Gasteiger partial charge >= 0.3 is 5.97 Å². The zero-order valence-corrected chi connectivity index (χ0v) is 56.0. The van der Waals surface area contributed by atoms with E-state index < -0.39 is 218 Å². The highest BCUT2D eigenvalue weighted by Gasteiger charge is 2.39. The van der Waals surface area contributed by atoms with Crippen LogP contribution < -0.4 is 87.2 Å². The molecule has 0 aliphatic carbocycles. The first-order valence-corrected chi connectivity index (χ1v) is 31.7. The fourth-order valence-electron chi connectivity index (χ4n) is 9.87. The molecule has 2 rings (SSSR count). The molecule has 0 saturated carbocycles. The Morgan fingerprint density at radius 1 is 0.485 bits per heavy atom. The SMILES string of the molecule is CC(C)C[C@H](NC(=O)[C@H](Cc1ccc(O)cc1)NC(=O)CNC(=O)[C@H](C)NC(=O)[C@@H](NC(=O)[C@H](CC(C)C)NC(=O)[C@@H](N)CCC(N)=O)C(C)C)C(=O)N[C@@H](CCC(N)=O)C(=O)NCC(=O)N1CCC[C@H]1C(=O)N[C@@H](CC(N)=O)C(=O)N[C@H](C(=O)N[C@@H](CC(N)=O)C(=O)O)C(C)C. The lowest BCUT2D eigenvalue weighted by Crippen LogP contribution is -2.60. The summed E-state index contributed by atoms with van der Waals surface area (Å²) < 4.78 is 0. The van der Waals surface area contributed by atoms with Crippen molar-refractivity contribution < 1.29 is 91.7 Å². The van der Waals surface area contributed by atoms with Crippen LogP contribution in [0.25, 0.3) is 0 Å². The summed E-state index contributed by atoms with van der Waals surface area (Å²) in [6, 6.07) is -10.1. The van der Waals surface area contributed by atoms with E-state index in [1.807, 2.05) is 0 Å². The number of primary amides is 4. The molecular weight excluding hydrogens is 1270 g/mol. The zero-order valence-electron chi connectivity index (χ0n) is 56.0. The third-order valence-corrected chi connectivity index (χ3v) is 15.1. The number of phenols is 1. The van der Waals surface area contributed by atoms with Crippen molar-refractivity contribution in [2.24, 2.45) is 52.3 Å². The van der Waals surface area contributed by atoms with Gasteiger partial charge in [-0.2, -0.15) is 0 Å². The van der Waals surface area contributed by atoms with E-state index in [-0.39, 0.29) is 69.1 Å². The van der Waals surface area contributed by atoms with Crippen LogP contribution in [0.3, 0.4) is 0 Å². The molecule has 1 aromatic rings. The van der Waals surface area contributed by atoms with Gasteiger partial charge in [0.1, 0.15) is 66.2 Å². The van der Waals surface area contributed by atoms with Crippen LogP contribution in [0, 0.1) is 23.7 Å². The number of nitrogens with one attached hydrogen (secondary N) is 11. The van der Waals surface area contributed by atoms with E-state index in [1.165, 1.54) is 45.0 Å². The van der Waals surface area contributed by atoms with Gasteiger partial charge in [0.05, 0.1) is 32.0 Å². The molecule has 1 saturated heterocycles. The van der Waals surface area contributed by atoms with Crippen LogP contribution >= 0.6 is 0 Å². The van der Waals surface area contributed by atoms with Gasteiger partial charge in [-0.15, -0.1) is 0 Å². The molecule has 16 amide bonds. The number of aliphatic carboxylic acids is 1. The zero-order chi connectivity index (χ0) is 73.7. The van der Waals surface area contributed by atoms with Crippen molar-refractivity contribution in [3.8, 4) is 5.75 Å². The molecule has 1 fully saturated rings. The average molecular weight is 1370 g/mol. The number of likely N-dealkylation sites (tertiary alicyclic amines) is 1. The van der Waals surface area contributed by atoms with Gasteiger partial charge in [-0.25, -0.2) is 4.79 Å². The molecule has 1 heterocycles. The largest absolute Gasteiger partial charge is 0.508 e. The number of aromatic hydroxyl groups is 1. The molecule has 23 N–H and O–H groups in total. The normalized spacial score (nSPS) is 15.8. The molecule has 1 aromatic carbocycles. The molecule has 1 aliphatic heterocycles. The third kappa shape index (κ3) is 30.1. The number of rotatable bonds is 42. The molecule has 97 heavy (non-hydrogen) atoms. The fourth-order valence-corrected chi connectivity index (χ4v) is 9.87. The maximum Gasteiger partial charge on any atom is 0.326 e. The summed E-state index contributed by atoms with van der Waals surface area (Å²) in [6.07, 6.45) is -2.64. The highest BCUT2D eigenvalue weighted by atomic mass is 16.4. The Bertz CT molecular complexity index is 3020. The van der Waals surface area contributed by atoms with Crippen LogP contribution in [0.2, 0.25) is 0 Å². The van der Waals surface area contributed by atoms with Crippen molar-refractivity contribution in [3.63, 3.8) is 0 Å². The van der Waals surface area contributed by atoms with Crippen LogP contribution in [0.15, 0.2) is 24.3 Å². The first-order chi connectivity index (χ1) is 45.2. The van der Waals surface area contributed by atoms with Crippen LogP contribution in [0.1, 0.15) is 132 Å². The number of carboxylic acid groups (broad SMARTS) is 1. The van der Waals surface area contributed by atoms with Gasteiger partial charge < -0.3 is 102 Å². The molecular formula is C61H97N17O19. The number of carboxylic acids is 1. The number of carbonyl (C=O) groups is 17. The summed E-state index contributed by atoms with van der Waals surface area (Å²) in [5.74, 6) is -18.0. The number of benzene rings is 1. The maximum atomic E-state index is 14.3. The highest BCUT2D eigenvalue weighted by molar-refractivity contribution is 6.00. The number of phenolic OH excluding ortho intramolecular Hbond substituents is 1. The van der Waals surface area contributed by atoms with E-state index >= 15 is 0 Å². The van der Waals surface area contributed by atoms with E-state index in [1.54, 1.807) is 41.5 Å². The number of carbonyl (C=O) groups excluding carboxylic acids is 16. The number of nitrogens with two attached hydrogens (primary N) is 5. The van der Waals surface area contributed by atoms with Crippen molar-refractivity contribution in [1.82, 2.24) is 63.4 Å². The van der Waals surface area contributed by atoms with Crippen molar-refractivity contribution in [2.75, 3.05) is 19.6 Å². The highest BCUT2D eigenvalue weighted by Crippen LogP contribution is 2.19. The Morgan fingerprint density at radius 3 is 1.44 bits per heavy atom. The fraction of sp³-hybridized carbons (Fsp3) is 0.623. The van der Waals surface area contributed by atoms with Gasteiger partial charge in [-0.1, -0.05) is 67.5 Å². The monoisotopic (exact) mass is 1370 g/mol. The summed E-state index contributed by atoms with van der Waals surface area (Å²) >= 11 is 0. The predicted octanol–water partition coefficient (Wildman–Crippen LogP) is -6.36. The molecule has 36 nitrogen and oxygen atoms in total. The van der Waals surface area contributed by atoms with Gasteiger partial charge in [0.2, 0.25) is 94.5 Å². The van der Waals surface area contributed by atoms with Crippen molar-refractivity contribution in [1.29, 1.82) is 0 Å². The number of amides is 16. The van der Waals surface area contributed by atoms with E-state index in [0.717, 1.165) is 4.90 Å². The van der Waals surface area contributed by atoms with E-state index in [0.29, 0.717) is 5.56 Å². The molecule has 0 aromatic heterocycles.